The van der Waals surface area contributed by atoms with E-state index in [1.807, 2.05) is 19.1 Å². The predicted octanol–water partition coefficient (Wildman–Crippen LogP) is 5.32. The lowest BCUT2D eigenvalue weighted by atomic mass is 9.97. The number of aromatic nitrogens is 1. The second kappa shape index (κ2) is 10.6. The van der Waals surface area contributed by atoms with Gasteiger partial charge in [0.1, 0.15) is 0 Å². The third-order valence-corrected chi connectivity index (χ3v) is 6.50. The van der Waals surface area contributed by atoms with Crippen molar-refractivity contribution in [3.8, 4) is 0 Å². The summed E-state index contributed by atoms with van der Waals surface area (Å²) in [7, 11) is 0. The summed E-state index contributed by atoms with van der Waals surface area (Å²) in [6.45, 7) is 3.95. The number of piperidine rings is 1. The molecule has 0 spiro atoms. The van der Waals surface area contributed by atoms with E-state index in [4.69, 9.17) is 22.1 Å². The molecule has 0 bridgehead atoms. The van der Waals surface area contributed by atoms with E-state index in [-0.39, 0.29) is 28.6 Å². The number of rotatable bonds is 6. The zero-order valence-electron chi connectivity index (χ0n) is 19.0. The van der Waals surface area contributed by atoms with Crippen LogP contribution in [0.3, 0.4) is 0 Å². The molecule has 0 atom stereocenters. The van der Waals surface area contributed by atoms with E-state index in [1.54, 1.807) is 48.8 Å². The molecule has 1 aromatic heterocycles. The van der Waals surface area contributed by atoms with Gasteiger partial charge in [0.25, 0.3) is 0 Å². The van der Waals surface area contributed by atoms with Crippen molar-refractivity contribution in [1.82, 2.24) is 4.98 Å². The molecule has 176 valence electrons. The maximum Gasteiger partial charge on any atom is 0.411 e. The normalized spacial score (nSPS) is 14.0. The van der Waals surface area contributed by atoms with Crippen LogP contribution < -0.4 is 16.0 Å². The van der Waals surface area contributed by atoms with Gasteiger partial charge in [0.15, 0.2) is 5.78 Å². The third kappa shape index (κ3) is 5.48. The number of nitrogens with one attached hydrogen (secondary N) is 1. The van der Waals surface area contributed by atoms with Gasteiger partial charge < -0.3 is 15.4 Å². The fraction of sp³-hybridized carbons (Fsp3) is 0.269. The van der Waals surface area contributed by atoms with E-state index in [0.717, 1.165) is 37.2 Å². The SMILES string of the molecule is Cc1ccc(C(=O)c2cccc(N)c2NC(=O)OCC2CCN(c3ccncc3)CC2)cc1Cl. The summed E-state index contributed by atoms with van der Waals surface area (Å²) in [5.74, 6) is -0.0132. The number of para-hydroxylation sites is 1. The van der Waals surface area contributed by atoms with Crippen LogP contribution >= 0.6 is 11.6 Å². The monoisotopic (exact) mass is 478 g/mol. The minimum absolute atomic E-state index is 0.238. The topological polar surface area (TPSA) is 97.5 Å². The molecule has 1 aliphatic rings. The highest BCUT2D eigenvalue weighted by Gasteiger charge is 2.22. The summed E-state index contributed by atoms with van der Waals surface area (Å²) < 4.78 is 5.49. The van der Waals surface area contributed by atoms with Crippen molar-refractivity contribution in [2.75, 3.05) is 35.6 Å². The Morgan fingerprint density at radius 3 is 2.59 bits per heavy atom. The molecular weight excluding hydrogens is 452 g/mol. The molecule has 2 heterocycles. The summed E-state index contributed by atoms with van der Waals surface area (Å²) in [4.78, 5) is 32.0. The molecule has 3 N–H and O–H groups in total. The Hall–Kier alpha value is -3.58. The van der Waals surface area contributed by atoms with Crippen molar-refractivity contribution < 1.29 is 14.3 Å². The van der Waals surface area contributed by atoms with Crippen molar-refractivity contribution in [1.29, 1.82) is 0 Å². The molecule has 2 aromatic carbocycles. The average Bonchev–Trinajstić information content (AvgIpc) is 2.86. The molecule has 1 fully saturated rings. The number of hydrogen-bond acceptors (Lipinski definition) is 6. The van der Waals surface area contributed by atoms with Crippen molar-refractivity contribution in [2.45, 2.75) is 19.8 Å². The van der Waals surface area contributed by atoms with Crippen LogP contribution in [0.5, 0.6) is 0 Å². The Morgan fingerprint density at radius 1 is 1.15 bits per heavy atom. The van der Waals surface area contributed by atoms with E-state index in [9.17, 15) is 9.59 Å². The number of halogens is 1. The van der Waals surface area contributed by atoms with Crippen molar-refractivity contribution >= 4 is 40.5 Å². The number of ketones is 1. The number of nitrogens with two attached hydrogens (primary N) is 1. The number of ether oxygens (including phenoxy) is 1. The molecule has 0 aliphatic carbocycles. The van der Waals surface area contributed by atoms with Crippen LogP contribution in [-0.4, -0.2) is 36.6 Å². The van der Waals surface area contributed by atoms with Gasteiger partial charge in [-0.2, -0.15) is 0 Å². The Bertz CT molecular complexity index is 1180. The molecule has 0 unspecified atom stereocenters. The van der Waals surface area contributed by atoms with E-state index < -0.39 is 6.09 Å². The van der Waals surface area contributed by atoms with Crippen molar-refractivity contribution in [3.05, 3.63) is 82.6 Å². The van der Waals surface area contributed by atoms with Gasteiger partial charge in [0.05, 0.1) is 18.0 Å². The minimum atomic E-state index is -0.634. The fourth-order valence-electron chi connectivity index (χ4n) is 4.03. The Morgan fingerprint density at radius 2 is 1.88 bits per heavy atom. The number of hydrogen-bond donors (Lipinski definition) is 2. The van der Waals surface area contributed by atoms with Gasteiger partial charge >= 0.3 is 6.09 Å². The maximum atomic E-state index is 13.1. The second-order valence-corrected chi connectivity index (χ2v) is 8.83. The number of nitrogen functional groups attached to an aromatic ring is 1. The van der Waals surface area contributed by atoms with Crippen LogP contribution in [0, 0.1) is 12.8 Å². The number of anilines is 3. The van der Waals surface area contributed by atoms with E-state index >= 15 is 0 Å². The number of aryl methyl sites for hydroxylation is 1. The highest BCUT2D eigenvalue weighted by molar-refractivity contribution is 6.32. The number of amides is 1. The molecule has 1 amide bonds. The quantitative estimate of drug-likeness (QED) is 0.367. The van der Waals surface area contributed by atoms with Crippen LogP contribution in [0.25, 0.3) is 0 Å². The van der Waals surface area contributed by atoms with Gasteiger partial charge in [0, 0.05) is 47.3 Å². The van der Waals surface area contributed by atoms with Crippen LogP contribution in [0.4, 0.5) is 21.9 Å². The van der Waals surface area contributed by atoms with Gasteiger partial charge in [-0.25, -0.2) is 4.79 Å². The first-order valence-electron chi connectivity index (χ1n) is 11.2. The molecule has 1 aliphatic heterocycles. The third-order valence-electron chi connectivity index (χ3n) is 6.09. The number of benzene rings is 2. The summed E-state index contributed by atoms with van der Waals surface area (Å²) in [6.07, 6.45) is 4.78. The lowest BCUT2D eigenvalue weighted by Crippen LogP contribution is -2.35. The Labute approximate surface area is 203 Å². The Kier molecular flexibility index (Phi) is 7.33. The molecule has 0 saturated carbocycles. The predicted molar refractivity (Wildman–Crippen MR) is 135 cm³/mol. The fourth-order valence-corrected chi connectivity index (χ4v) is 4.21. The maximum absolute atomic E-state index is 13.1. The molecule has 3 aromatic rings. The average molecular weight is 479 g/mol. The number of pyridine rings is 1. The van der Waals surface area contributed by atoms with Crippen LogP contribution in [-0.2, 0) is 4.74 Å². The molecular formula is C26H27ClN4O3. The van der Waals surface area contributed by atoms with Crippen LogP contribution in [0.1, 0.15) is 34.3 Å². The second-order valence-electron chi connectivity index (χ2n) is 8.42. The van der Waals surface area contributed by atoms with E-state index in [2.05, 4.69) is 15.2 Å². The van der Waals surface area contributed by atoms with E-state index in [1.165, 1.54) is 0 Å². The molecule has 8 heteroatoms. The lowest BCUT2D eigenvalue weighted by molar-refractivity contribution is 0.103. The number of nitrogens with zero attached hydrogens (tertiary/aromatic N) is 2. The smallest absolute Gasteiger partial charge is 0.411 e. The van der Waals surface area contributed by atoms with Gasteiger partial charge in [0.2, 0.25) is 0 Å². The first kappa shape index (κ1) is 23.6. The Balaban J connectivity index is 1.36. The van der Waals surface area contributed by atoms with Crippen molar-refractivity contribution in [3.63, 3.8) is 0 Å². The molecule has 34 heavy (non-hydrogen) atoms. The van der Waals surface area contributed by atoms with Crippen LogP contribution in [0.2, 0.25) is 5.02 Å². The summed E-state index contributed by atoms with van der Waals surface area (Å²) >= 11 is 6.19. The highest BCUT2D eigenvalue weighted by atomic mass is 35.5. The lowest BCUT2D eigenvalue weighted by Gasteiger charge is -2.33. The van der Waals surface area contributed by atoms with Gasteiger partial charge in [-0.3, -0.25) is 15.1 Å². The molecule has 0 radical (unpaired) electrons. The highest BCUT2D eigenvalue weighted by Crippen LogP contribution is 2.28. The molecule has 7 nitrogen and oxygen atoms in total. The standard InChI is InChI=1S/C26H27ClN4O3/c1-17-5-6-19(15-22(17)27)25(32)21-3-2-4-23(28)24(21)30-26(33)34-16-18-9-13-31(14-10-18)20-7-11-29-12-8-20/h2-8,11-12,15,18H,9-10,13-14,16,28H2,1H3,(H,30,33). The zero-order valence-corrected chi connectivity index (χ0v) is 19.7. The first-order valence-corrected chi connectivity index (χ1v) is 11.6. The largest absolute Gasteiger partial charge is 0.449 e. The zero-order chi connectivity index (χ0) is 24.1. The van der Waals surface area contributed by atoms with Gasteiger partial charge in [-0.05, 0) is 61.6 Å². The number of carbonyl (C=O) groups excluding carboxylic acids is 2. The minimum Gasteiger partial charge on any atom is -0.449 e. The summed E-state index contributed by atoms with van der Waals surface area (Å²) in [5.41, 5.74) is 9.33. The summed E-state index contributed by atoms with van der Waals surface area (Å²) in [5, 5.41) is 3.17. The molecule has 1 saturated heterocycles. The molecule has 4 rings (SSSR count). The van der Waals surface area contributed by atoms with Crippen LogP contribution in [0.15, 0.2) is 60.9 Å². The van der Waals surface area contributed by atoms with Crippen molar-refractivity contribution in [2.24, 2.45) is 5.92 Å². The van der Waals surface area contributed by atoms with Gasteiger partial charge in [-0.1, -0.05) is 29.8 Å². The first-order chi connectivity index (χ1) is 16.4. The van der Waals surface area contributed by atoms with Gasteiger partial charge in [-0.15, -0.1) is 0 Å². The summed E-state index contributed by atoms with van der Waals surface area (Å²) in [6, 6.07) is 14.0. The van der Waals surface area contributed by atoms with E-state index in [0.29, 0.717) is 17.2 Å². The number of carbonyl (C=O) groups is 2.